The molecule has 0 spiro atoms. The Morgan fingerprint density at radius 1 is 0.925 bits per heavy atom. The second kappa shape index (κ2) is 16.7. The van der Waals surface area contributed by atoms with Crippen molar-refractivity contribution in [1.82, 2.24) is 5.32 Å². The quantitative estimate of drug-likeness (QED) is 0.150. The molecule has 0 bridgehead atoms. The molecule has 10 heteroatoms. The Labute approximate surface area is 241 Å². The minimum Gasteiger partial charge on any atom is -0.481 e. The number of alkyl carbamates (subject to hydrolysis) is 1. The third kappa shape index (κ3) is 9.89. The van der Waals surface area contributed by atoms with Crippen molar-refractivity contribution in [2.24, 2.45) is 5.92 Å². The number of hydrogen-bond donors (Lipinski definition) is 3. The van der Waals surface area contributed by atoms with E-state index in [9.17, 15) is 24.6 Å². The van der Waals surface area contributed by atoms with Gasteiger partial charge in [0.1, 0.15) is 12.7 Å². The number of carbonyl (C=O) groups is 3. The first-order chi connectivity index (χ1) is 18.7. The van der Waals surface area contributed by atoms with Crippen molar-refractivity contribution in [2.75, 3.05) is 0 Å². The molecule has 0 saturated heterocycles. The lowest BCUT2D eigenvalue weighted by Gasteiger charge is -2.46. The summed E-state index contributed by atoms with van der Waals surface area (Å²) in [5, 5.41) is 22.9. The number of esters is 1. The van der Waals surface area contributed by atoms with Gasteiger partial charge in [0.15, 0.2) is 6.04 Å². The number of unbranched alkanes of at least 4 members (excludes halogenated alkanes) is 1. The predicted octanol–water partition coefficient (Wildman–Crippen LogP) is 6.05. The van der Waals surface area contributed by atoms with Crippen LogP contribution in [0.5, 0.6) is 0 Å². The molecular weight excluding hydrogens is 530 g/mol. The molecule has 0 aliphatic rings. The third-order valence-electron chi connectivity index (χ3n) is 7.62. The van der Waals surface area contributed by atoms with Crippen LogP contribution in [0.1, 0.15) is 87.1 Å². The summed E-state index contributed by atoms with van der Waals surface area (Å²) in [5.74, 6) is -2.78. The van der Waals surface area contributed by atoms with Gasteiger partial charge in [0.25, 0.3) is 0 Å². The second-order valence-electron chi connectivity index (χ2n) is 11.6. The molecular formula is C30H51NO8Si. The molecule has 0 aliphatic carbocycles. The fourth-order valence-electron chi connectivity index (χ4n) is 5.59. The van der Waals surface area contributed by atoms with Gasteiger partial charge in [-0.3, -0.25) is 4.79 Å². The van der Waals surface area contributed by atoms with Gasteiger partial charge in [0, 0.05) is 0 Å². The zero-order valence-corrected chi connectivity index (χ0v) is 26.7. The molecule has 40 heavy (non-hydrogen) atoms. The molecule has 9 nitrogen and oxygen atoms in total. The topological polar surface area (TPSA) is 131 Å². The lowest BCUT2D eigenvalue weighted by Crippen LogP contribution is -2.56. The van der Waals surface area contributed by atoms with E-state index in [1.54, 1.807) is 19.1 Å². The molecule has 0 saturated carbocycles. The number of hydrogen-bond acceptors (Lipinski definition) is 7. The van der Waals surface area contributed by atoms with E-state index in [0.717, 1.165) is 12.0 Å². The van der Waals surface area contributed by atoms with Crippen LogP contribution in [0.15, 0.2) is 30.3 Å². The Balaban J connectivity index is 3.22. The van der Waals surface area contributed by atoms with E-state index in [1.807, 2.05) is 25.1 Å². The van der Waals surface area contributed by atoms with E-state index in [4.69, 9.17) is 13.9 Å². The van der Waals surface area contributed by atoms with Crippen LogP contribution < -0.4 is 5.32 Å². The van der Waals surface area contributed by atoms with Crippen LogP contribution in [-0.4, -0.2) is 60.9 Å². The van der Waals surface area contributed by atoms with Gasteiger partial charge in [0.2, 0.25) is 8.32 Å². The molecule has 1 rings (SSSR count). The smallest absolute Gasteiger partial charge is 0.408 e. The molecule has 0 aromatic heterocycles. The molecule has 0 radical (unpaired) electrons. The van der Waals surface area contributed by atoms with Crippen molar-refractivity contribution in [3.63, 3.8) is 0 Å². The van der Waals surface area contributed by atoms with Gasteiger partial charge in [-0.15, -0.1) is 0 Å². The van der Waals surface area contributed by atoms with Crippen LogP contribution in [0.4, 0.5) is 4.79 Å². The molecule has 1 aromatic rings. The summed E-state index contributed by atoms with van der Waals surface area (Å²) in [7, 11) is -2.56. The zero-order chi connectivity index (χ0) is 30.6. The van der Waals surface area contributed by atoms with Gasteiger partial charge in [0.05, 0.1) is 18.1 Å². The molecule has 0 fully saturated rings. The molecule has 1 amide bonds. The van der Waals surface area contributed by atoms with Gasteiger partial charge in [-0.2, -0.15) is 0 Å². The number of rotatable bonds is 17. The molecule has 1 aromatic carbocycles. The summed E-state index contributed by atoms with van der Waals surface area (Å²) in [5.41, 5.74) is 1.32. The van der Waals surface area contributed by atoms with Crippen LogP contribution in [0.2, 0.25) is 16.6 Å². The highest BCUT2D eigenvalue weighted by Gasteiger charge is 2.50. The molecule has 5 atom stereocenters. The highest BCUT2D eigenvalue weighted by molar-refractivity contribution is 6.77. The Hall–Kier alpha value is -2.43. The number of aliphatic hydroxyl groups excluding tert-OH is 1. The number of amides is 1. The van der Waals surface area contributed by atoms with Gasteiger partial charge in [-0.1, -0.05) is 91.6 Å². The molecule has 0 heterocycles. The summed E-state index contributed by atoms with van der Waals surface area (Å²) >= 11 is 0. The number of aliphatic hydroxyl groups is 1. The van der Waals surface area contributed by atoms with Gasteiger partial charge in [-0.25, -0.2) is 9.59 Å². The standard InChI is InChI=1S/C30H51NO8Si/c1-10-11-17-25(28(33)34)27(39-40(19(2)3,20(4)5)21(6)7)23(9)38-29(35)26(22(8)32)31-30(36)37-18-24-15-13-12-14-16-24/h12-16,19-23,25-27,32H,10-11,17-18H2,1-9H3,(H,31,36)(H,33,34)/t22-,23+,25-,26+,27+/m1/s1. The molecule has 3 N–H and O–H groups in total. The number of benzene rings is 1. The monoisotopic (exact) mass is 581 g/mol. The average Bonchev–Trinajstić information content (AvgIpc) is 2.87. The van der Waals surface area contributed by atoms with Crippen LogP contribution in [0.25, 0.3) is 0 Å². The molecule has 0 unspecified atom stereocenters. The van der Waals surface area contributed by atoms with E-state index in [1.165, 1.54) is 6.92 Å². The van der Waals surface area contributed by atoms with Crippen molar-refractivity contribution in [3.05, 3.63) is 35.9 Å². The lowest BCUT2D eigenvalue weighted by atomic mass is 9.93. The molecule has 228 valence electrons. The van der Waals surface area contributed by atoms with Crippen molar-refractivity contribution < 1.29 is 38.5 Å². The summed E-state index contributed by atoms with van der Waals surface area (Å²) in [6, 6.07) is 7.64. The normalized spacial score (nSPS) is 15.8. The Kier molecular flexibility index (Phi) is 14.9. The number of carbonyl (C=O) groups excluding carboxylic acids is 2. The maximum absolute atomic E-state index is 13.2. The minimum absolute atomic E-state index is 0.00932. The second-order valence-corrected chi connectivity index (χ2v) is 17.0. The first-order valence-corrected chi connectivity index (χ1v) is 16.6. The predicted molar refractivity (Wildman–Crippen MR) is 157 cm³/mol. The highest BCUT2D eigenvalue weighted by Crippen LogP contribution is 2.44. The van der Waals surface area contributed by atoms with E-state index >= 15 is 0 Å². The number of carboxylic acid groups (broad SMARTS) is 1. The summed E-state index contributed by atoms with van der Waals surface area (Å²) in [6.45, 7) is 17.6. The lowest BCUT2D eigenvalue weighted by molar-refractivity contribution is -0.165. The number of aliphatic carboxylic acids is 1. The minimum atomic E-state index is -2.56. The number of nitrogens with one attached hydrogen (secondary N) is 1. The Morgan fingerprint density at radius 3 is 1.93 bits per heavy atom. The summed E-state index contributed by atoms with van der Waals surface area (Å²) in [6.07, 6.45) is -2.14. The van der Waals surface area contributed by atoms with Crippen LogP contribution in [0.3, 0.4) is 0 Å². The van der Waals surface area contributed by atoms with E-state index < -0.39 is 56.6 Å². The number of ether oxygens (including phenoxy) is 2. The van der Waals surface area contributed by atoms with Crippen molar-refractivity contribution in [2.45, 2.75) is 129 Å². The maximum Gasteiger partial charge on any atom is 0.408 e. The van der Waals surface area contributed by atoms with Gasteiger partial charge < -0.3 is 29.4 Å². The van der Waals surface area contributed by atoms with Crippen LogP contribution in [-0.2, 0) is 30.1 Å². The largest absolute Gasteiger partial charge is 0.481 e. The Bertz CT molecular complexity index is 900. The molecule has 0 aliphatic heterocycles. The first-order valence-electron chi connectivity index (χ1n) is 14.4. The Morgan fingerprint density at radius 2 is 1.48 bits per heavy atom. The van der Waals surface area contributed by atoms with Crippen LogP contribution >= 0.6 is 0 Å². The third-order valence-corrected chi connectivity index (χ3v) is 13.7. The van der Waals surface area contributed by atoms with Crippen molar-refractivity contribution in [1.29, 1.82) is 0 Å². The van der Waals surface area contributed by atoms with E-state index in [0.29, 0.717) is 12.8 Å². The van der Waals surface area contributed by atoms with Gasteiger partial charge in [-0.05, 0) is 42.5 Å². The zero-order valence-electron chi connectivity index (χ0n) is 25.7. The first kappa shape index (κ1) is 35.6. The van der Waals surface area contributed by atoms with Crippen LogP contribution in [0, 0.1) is 5.92 Å². The average molecular weight is 582 g/mol. The van der Waals surface area contributed by atoms with Crippen molar-refractivity contribution in [3.8, 4) is 0 Å². The summed E-state index contributed by atoms with van der Waals surface area (Å²) in [4.78, 5) is 38.2. The fraction of sp³-hybridized carbons (Fsp3) is 0.700. The van der Waals surface area contributed by atoms with Crippen molar-refractivity contribution >= 4 is 26.3 Å². The number of carboxylic acids is 1. The summed E-state index contributed by atoms with van der Waals surface area (Å²) < 4.78 is 17.9. The van der Waals surface area contributed by atoms with E-state index in [-0.39, 0.29) is 23.2 Å². The maximum atomic E-state index is 13.2. The van der Waals surface area contributed by atoms with E-state index in [2.05, 4.69) is 46.9 Å². The highest BCUT2D eigenvalue weighted by atomic mass is 28.4. The SMILES string of the molecule is CCCC[C@@H](C(=O)O)[C@@H](O[Si](C(C)C)(C(C)C)C(C)C)[C@H](C)OC(=O)[C@@H](NC(=O)OCc1ccccc1)[C@@H](C)O. The fourth-order valence-corrected chi connectivity index (χ4v) is 11.2. The van der Waals surface area contributed by atoms with Gasteiger partial charge >= 0.3 is 18.0 Å².